The third kappa shape index (κ3) is 7.52. The van der Waals surface area contributed by atoms with Gasteiger partial charge in [0, 0.05) is 41.7 Å². The molecule has 0 unspecified atom stereocenters. The van der Waals surface area contributed by atoms with E-state index in [1.807, 2.05) is 88.4 Å². The number of benzene rings is 3. The molecule has 220 valence electrons. The summed E-state index contributed by atoms with van der Waals surface area (Å²) >= 11 is 0. The van der Waals surface area contributed by atoms with E-state index in [-0.39, 0.29) is 11.8 Å². The highest BCUT2D eigenvalue weighted by Gasteiger charge is 2.14. The van der Waals surface area contributed by atoms with E-state index in [0.717, 1.165) is 39.8 Å². The number of likely N-dealkylation sites (N-methyl/N-ethyl adjacent to an activating group) is 1. The SMILES string of the molecule is CCCC(=O)Nc1cccc(-c2nc(Nc3ccc(NN)c(C)c3)c3cc(OCCN(CC)C(=O)CC)ccc3n2)c1. The van der Waals surface area contributed by atoms with Crippen molar-refractivity contribution in [1.82, 2.24) is 14.9 Å². The zero-order valence-electron chi connectivity index (χ0n) is 24.7. The summed E-state index contributed by atoms with van der Waals surface area (Å²) in [6.45, 7) is 9.28. The molecule has 0 atom stereocenters. The molecule has 0 spiro atoms. The number of nitrogens with two attached hydrogens (primary N) is 1. The number of nitrogens with zero attached hydrogens (tertiary/aromatic N) is 3. The standard InChI is InChI=1S/C32H39N7O3/c1-5-9-29(40)34-23-11-8-10-22(19-23)31-36-28-15-13-25(42-17-16-39(7-3)30(41)6-2)20-26(28)32(37-31)35-24-12-14-27(38-33)21(4)18-24/h8,10-15,18-20,38H,5-7,9,16-17,33H2,1-4H3,(H,34,40)(H,35,36,37). The highest BCUT2D eigenvalue weighted by Crippen LogP contribution is 2.32. The Hall–Kier alpha value is -4.70. The number of hydrazine groups is 1. The summed E-state index contributed by atoms with van der Waals surface area (Å²) in [6.07, 6.45) is 1.70. The van der Waals surface area contributed by atoms with Gasteiger partial charge in [-0.05, 0) is 74.4 Å². The lowest BCUT2D eigenvalue weighted by atomic mass is 10.1. The third-order valence-electron chi connectivity index (χ3n) is 6.86. The number of amides is 2. The largest absolute Gasteiger partial charge is 0.492 e. The van der Waals surface area contributed by atoms with E-state index in [1.54, 1.807) is 4.90 Å². The number of aryl methyl sites for hydroxylation is 1. The van der Waals surface area contributed by atoms with E-state index >= 15 is 0 Å². The van der Waals surface area contributed by atoms with Crippen molar-refractivity contribution in [2.24, 2.45) is 5.84 Å². The number of hydrogen-bond acceptors (Lipinski definition) is 8. The van der Waals surface area contributed by atoms with Crippen LogP contribution in [0.4, 0.5) is 22.9 Å². The van der Waals surface area contributed by atoms with Crippen LogP contribution in [0.2, 0.25) is 0 Å². The molecule has 42 heavy (non-hydrogen) atoms. The van der Waals surface area contributed by atoms with Crippen molar-refractivity contribution in [2.75, 3.05) is 35.8 Å². The van der Waals surface area contributed by atoms with E-state index in [0.29, 0.717) is 55.6 Å². The maximum absolute atomic E-state index is 12.2. The first-order valence-electron chi connectivity index (χ1n) is 14.3. The Morgan fingerprint density at radius 3 is 2.52 bits per heavy atom. The molecule has 10 nitrogen and oxygen atoms in total. The van der Waals surface area contributed by atoms with Crippen molar-refractivity contribution in [1.29, 1.82) is 0 Å². The summed E-state index contributed by atoms with van der Waals surface area (Å²) in [5.74, 6) is 7.47. The Kier molecular flexibility index (Phi) is 10.3. The first-order valence-corrected chi connectivity index (χ1v) is 14.3. The number of aromatic nitrogens is 2. The van der Waals surface area contributed by atoms with Crippen LogP contribution in [0.3, 0.4) is 0 Å². The summed E-state index contributed by atoms with van der Waals surface area (Å²) in [5, 5.41) is 7.17. The summed E-state index contributed by atoms with van der Waals surface area (Å²) in [6, 6.07) is 19.0. The molecule has 3 aromatic carbocycles. The lowest BCUT2D eigenvalue weighted by Gasteiger charge is -2.20. The predicted octanol–water partition coefficient (Wildman–Crippen LogP) is 6.01. The van der Waals surface area contributed by atoms with Crippen LogP contribution in [0.15, 0.2) is 60.7 Å². The van der Waals surface area contributed by atoms with Crippen molar-refractivity contribution >= 4 is 45.6 Å². The van der Waals surface area contributed by atoms with Gasteiger partial charge in [0.1, 0.15) is 18.2 Å². The molecule has 0 bridgehead atoms. The molecule has 1 heterocycles. The number of hydrogen-bond donors (Lipinski definition) is 4. The van der Waals surface area contributed by atoms with Gasteiger partial charge in [-0.2, -0.15) is 0 Å². The molecular weight excluding hydrogens is 530 g/mol. The van der Waals surface area contributed by atoms with Crippen LogP contribution in [-0.2, 0) is 9.59 Å². The van der Waals surface area contributed by atoms with Gasteiger partial charge >= 0.3 is 0 Å². The maximum Gasteiger partial charge on any atom is 0.224 e. The van der Waals surface area contributed by atoms with Gasteiger partial charge in [0.25, 0.3) is 0 Å². The lowest BCUT2D eigenvalue weighted by Crippen LogP contribution is -2.33. The van der Waals surface area contributed by atoms with Gasteiger partial charge < -0.3 is 25.7 Å². The van der Waals surface area contributed by atoms with Crippen LogP contribution in [0, 0.1) is 6.92 Å². The molecule has 0 aliphatic rings. The monoisotopic (exact) mass is 569 g/mol. The maximum atomic E-state index is 12.2. The Balaban J connectivity index is 1.69. The third-order valence-corrected chi connectivity index (χ3v) is 6.86. The van der Waals surface area contributed by atoms with Crippen LogP contribution < -0.4 is 26.6 Å². The topological polar surface area (TPSA) is 134 Å². The lowest BCUT2D eigenvalue weighted by molar-refractivity contribution is -0.131. The average Bonchev–Trinajstić information content (AvgIpc) is 2.99. The Morgan fingerprint density at radius 1 is 0.976 bits per heavy atom. The highest BCUT2D eigenvalue weighted by molar-refractivity contribution is 5.94. The highest BCUT2D eigenvalue weighted by atomic mass is 16.5. The molecule has 0 aliphatic heterocycles. The van der Waals surface area contributed by atoms with Gasteiger partial charge in [-0.25, -0.2) is 9.97 Å². The average molecular weight is 570 g/mol. The summed E-state index contributed by atoms with van der Waals surface area (Å²) in [4.78, 5) is 35.8. The van der Waals surface area contributed by atoms with Crippen molar-refractivity contribution in [2.45, 2.75) is 47.0 Å². The Bertz CT molecular complexity index is 1560. The molecule has 0 fully saturated rings. The van der Waals surface area contributed by atoms with Crippen LogP contribution in [0.5, 0.6) is 5.75 Å². The van der Waals surface area contributed by atoms with Gasteiger partial charge in [-0.15, -0.1) is 0 Å². The number of nitrogens with one attached hydrogen (secondary N) is 3. The van der Waals surface area contributed by atoms with Crippen LogP contribution in [0.25, 0.3) is 22.3 Å². The second-order valence-corrected chi connectivity index (χ2v) is 9.93. The fourth-order valence-corrected chi connectivity index (χ4v) is 4.60. The number of rotatable bonds is 13. The van der Waals surface area contributed by atoms with E-state index in [1.165, 1.54) is 0 Å². The van der Waals surface area contributed by atoms with E-state index < -0.39 is 0 Å². The number of fused-ring (bicyclic) bond motifs is 1. The Morgan fingerprint density at radius 2 is 1.81 bits per heavy atom. The van der Waals surface area contributed by atoms with E-state index in [2.05, 4.69) is 16.1 Å². The normalized spacial score (nSPS) is 10.8. The molecule has 5 N–H and O–H groups in total. The minimum Gasteiger partial charge on any atom is -0.492 e. The van der Waals surface area contributed by atoms with E-state index in [9.17, 15) is 9.59 Å². The summed E-state index contributed by atoms with van der Waals surface area (Å²) < 4.78 is 6.04. The molecule has 0 radical (unpaired) electrons. The molecular formula is C32H39N7O3. The van der Waals surface area contributed by atoms with Crippen molar-refractivity contribution < 1.29 is 14.3 Å². The number of ether oxygens (including phenoxy) is 1. The second kappa shape index (κ2) is 14.3. The van der Waals surface area contributed by atoms with Gasteiger partial charge in [-0.3, -0.25) is 15.4 Å². The summed E-state index contributed by atoms with van der Waals surface area (Å²) in [5.41, 5.74) is 7.52. The molecule has 2 amide bonds. The smallest absolute Gasteiger partial charge is 0.224 e. The first kappa shape index (κ1) is 30.3. The van der Waals surface area contributed by atoms with Crippen LogP contribution in [-0.4, -0.2) is 46.4 Å². The molecule has 10 heteroatoms. The minimum absolute atomic E-state index is 0.0316. The zero-order chi connectivity index (χ0) is 30.1. The van der Waals surface area contributed by atoms with Crippen LogP contribution >= 0.6 is 0 Å². The quantitative estimate of drug-likeness (QED) is 0.114. The van der Waals surface area contributed by atoms with Crippen LogP contribution in [0.1, 0.15) is 45.6 Å². The molecule has 4 rings (SSSR count). The predicted molar refractivity (Wildman–Crippen MR) is 169 cm³/mol. The number of nitrogen functional groups attached to an aromatic ring is 1. The second-order valence-electron chi connectivity index (χ2n) is 9.93. The van der Waals surface area contributed by atoms with E-state index in [4.69, 9.17) is 20.5 Å². The molecule has 4 aromatic rings. The van der Waals surface area contributed by atoms with Crippen molar-refractivity contribution in [3.05, 3.63) is 66.2 Å². The number of carbonyl (C=O) groups is 2. The number of anilines is 4. The first-order chi connectivity index (χ1) is 20.3. The molecule has 0 saturated carbocycles. The Labute approximate surface area is 246 Å². The molecule has 0 saturated heterocycles. The van der Waals surface area contributed by atoms with Crippen molar-refractivity contribution in [3.63, 3.8) is 0 Å². The van der Waals surface area contributed by atoms with Gasteiger partial charge in [0.2, 0.25) is 11.8 Å². The minimum atomic E-state index is -0.0316. The number of carbonyl (C=O) groups excluding carboxylic acids is 2. The fourth-order valence-electron chi connectivity index (χ4n) is 4.60. The fraction of sp³-hybridized carbons (Fsp3) is 0.312. The van der Waals surface area contributed by atoms with Gasteiger partial charge in [0.05, 0.1) is 17.7 Å². The summed E-state index contributed by atoms with van der Waals surface area (Å²) in [7, 11) is 0. The van der Waals surface area contributed by atoms with Crippen molar-refractivity contribution in [3.8, 4) is 17.1 Å². The molecule has 1 aromatic heterocycles. The van der Waals surface area contributed by atoms with Gasteiger partial charge in [0.15, 0.2) is 5.82 Å². The zero-order valence-corrected chi connectivity index (χ0v) is 24.7. The van der Waals surface area contributed by atoms with Gasteiger partial charge in [-0.1, -0.05) is 26.0 Å². The molecule has 0 aliphatic carbocycles.